The molecule has 1 unspecified atom stereocenters. The third-order valence-corrected chi connectivity index (χ3v) is 2.62. The highest BCUT2D eigenvalue weighted by atomic mass is 15.2. The molecule has 0 aliphatic carbocycles. The first kappa shape index (κ1) is 13.0. The van der Waals surface area contributed by atoms with Crippen molar-refractivity contribution < 1.29 is 0 Å². The van der Waals surface area contributed by atoms with Gasteiger partial charge in [-0.05, 0) is 32.7 Å². The summed E-state index contributed by atoms with van der Waals surface area (Å²) in [6.45, 7) is 13.8. The van der Waals surface area contributed by atoms with E-state index in [2.05, 4.69) is 39.5 Å². The second kappa shape index (κ2) is 7.37. The Hall–Kier alpha value is -0.0400. The van der Waals surface area contributed by atoms with Gasteiger partial charge in [-0.15, -0.1) is 0 Å². The number of hydrogen-bond acceptors (Lipinski definition) is 1. The molecule has 0 bridgehead atoms. The second-order valence-electron chi connectivity index (χ2n) is 4.36. The molecule has 0 amide bonds. The Balaban J connectivity index is 0.000000424. The largest absolute Gasteiger partial charge is 0.301 e. The monoisotopic (exact) mass is 185 g/mol. The highest BCUT2D eigenvalue weighted by Gasteiger charge is 2.21. The molecule has 0 aromatic heterocycles. The fourth-order valence-corrected chi connectivity index (χ4v) is 1.66. The molecule has 1 fully saturated rings. The van der Waals surface area contributed by atoms with Crippen LogP contribution in [0.4, 0.5) is 0 Å². The molecule has 80 valence electrons. The van der Waals surface area contributed by atoms with Crippen LogP contribution in [0.25, 0.3) is 0 Å². The van der Waals surface area contributed by atoms with Crippen molar-refractivity contribution in [1.29, 1.82) is 0 Å². The van der Waals surface area contributed by atoms with Gasteiger partial charge in [0.15, 0.2) is 0 Å². The number of rotatable bonds is 2. The molecule has 1 nitrogen and oxygen atoms in total. The van der Waals surface area contributed by atoms with E-state index in [-0.39, 0.29) is 0 Å². The molecule has 1 saturated heterocycles. The molecule has 0 aromatic rings. The lowest BCUT2D eigenvalue weighted by Crippen LogP contribution is -2.28. The molecule has 1 aliphatic heterocycles. The van der Waals surface area contributed by atoms with Gasteiger partial charge in [0, 0.05) is 12.6 Å². The maximum absolute atomic E-state index is 2.58. The third kappa shape index (κ3) is 5.30. The summed E-state index contributed by atoms with van der Waals surface area (Å²) in [5, 5.41) is 0. The Morgan fingerprint density at radius 2 is 1.77 bits per heavy atom. The minimum absolute atomic E-state index is 0.761. The topological polar surface area (TPSA) is 3.24 Å². The van der Waals surface area contributed by atoms with Crippen molar-refractivity contribution in [1.82, 2.24) is 4.90 Å². The van der Waals surface area contributed by atoms with Crippen molar-refractivity contribution >= 4 is 0 Å². The zero-order chi connectivity index (χ0) is 10.3. The van der Waals surface area contributed by atoms with Crippen LogP contribution < -0.4 is 0 Å². The van der Waals surface area contributed by atoms with Crippen LogP contribution >= 0.6 is 0 Å². The van der Waals surface area contributed by atoms with Crippen molar-refractivity contribution in [2.75, 3.05) is 13.1 Å². The first-order valence-electron chi connectivity index (χ1n) is 5.89. The zero-order valence-corrected chi connectivity index (χ0v) is 10.1. The fraction of sp³-hybridized carbons (Fsp3) is 1.00. The SMILES string of the molecule is CCC.CCC1CCN(C(C)C)C1. The Morgan fingerprint density at radius 3 is 2.00 bits per heavy atom. The van der Waals surface area contributed by atoms with Gasteiger partial charge in [0.25, 0.3) is 0 Å². The van der Waals surface area contributed by atoms with Crippen LogP contribution in [0, 0.1) is 5.92 Å². The first-order chi connectivity index (χ1) is 6.15. The summed E-state index contributed by atoms with van der Waals surface area (Å²) in [5.41, 5.74) is 0. The molecule has 1 atom stereocenters. The molecule has 1 aliphatic rings. The predicted molar refractivity (Wildman–Crippen MR) is 61.1 cm³/mol. The summed E-state index contributed by atoms with van der Waals surface area (Å²) in [7, 11) is 0. The average molecular weight is 185 g/mol. The number of hydrogen-bond donors (Lipinski definition) is 0. The maximum Gasteiger partial charge on any atom is 0.00387 e. The normalized spacial score (nSPS) is 23.1. The van der Waals surface area contributed by atoms with Gasteiger partial charge in [0.05, 0.1) is 0 Å². The lowest BCUT2D eigenvalue weighted by Gasteiger charge is -2.19. The highest BCUT2D eigenvalue weighted by molar-refractivity contribution is 4.76. The van der Waals surface area contributed by atoms with E-state index in [1.807, 2.05) is 0 Å². The Kier molecular flexibility index (Phi) is 7.35. The van der Waals surface area contributed by atoms with Crippen molar-refractivity contribution in [3.63, 3.8) is 0 Å². The first-order valence-corrected chi connectivity index (χ1v) is 5.89. The van der Waals surface area contributed by atoms with E-state index in [1.165, 1.54) is 32.4 Å². The summed E-state index contributed by atoms with van der Waals surface area (Å²) in [6, 6.07) is 0.761. The minimum Gasteiger partial charge on any atom is -0.301 e. The van der Waals surface area contributed by atoms with Crippen LogP contribution in [0.3, 0.4) is 0 Å². The van der Waals surface area contributed by atoms with E-state index in [9.17, 15) is 0 Å². The van der Waals surface area contributed by atoms with Crippen LogP contribution in [0.1, 0.15) is 53.9 Å². The van der Waals surface area contributed by atoms with Crippen molar-refractivity contribution in [2.24, 2.45) is 5.92 Å². The van der Waals surface area contributed by atoms with E-state index in [4.69, 9.17) is 0 Å². The molecule has 1 heterocycles. The Morgan fingerprint density at radius 1 is 1.23 bits per heavy atom. The Bertz CT molecular complexity index is 110. The van der Waals surface area contributed by atoms with Crippen molar-refractivity contribution in [2.45, 2.75) is 59.9 Å². The summed E-state index contributed by atoms with van der Waals surface area (Å²) in [6.07, 6.45) is 4.04. The molecule has 0 saturated carbocycles. The fourth-order valence-electron chi connectivity index (χ4n) is 1.66. The molecule has 0 N–H and O–H groups in total. The van der Waals surface area contributed by atoms with Crippen LogP contribution in [-0.2, 0) is 0 Å². The predicted octanol–water partition coefficient (Wildman–Crippen LogP) is 3.54. The van der Waals surface area contributed by atoms with Crippen LogP contribution in [0.15, 0.2) is 0 Å². The molecular weight excluding hydrogens is 158 g/mol. The lowest BCUT2D eigenvalue weighted by molar-refractivity contribution is 0.264. The molecule has 0 spiro atoms. The van der Waals surface area contributed by atoms with Gasteiger partial charge in [-0.25, -0.2) is 0 Å². The standard InChI is InChI=1S/C9H19N.C3H8/c1-4-9-5-6-10(7-9)8(2)3;1-3-2/h8-9H,4-7H2,1-3H3;3H2,1-2H3. The lowest BCUT2D eigenvalue weighted by atomic mass is 10.1. The zero-order valence-electron chi connectivity index (χ0n) is 10.1. The van der Waals surface area contributed by atoms with Gasteiger partial charge >= 0.3 is 0 Å². The molecule has 1 heteroatoms. The van der Waals surface area contributed by atoms with Gasteiger partial charge in [0.2, 0.25) is 0 Å². The average Bonchev–Trinajstić information content (AvgIpc) is 2.53. The van der Waals surface area contributed by atoms with Gasteiger partial charge in [-0.3, -0.25) is 0 Å². The maximum atomic E-state index is 2.58. The smallest absolute Gasteiger partial charge is 0.00387 e. The van der Waals surface area contributed by atoms with Crippen molar-refractivity contribution in [3.05, 3.63) is 0 Å². The second-order valence-corrected chi connectivity index (χ2v) is 4.36. The molecule has 0 radical (unpaired) electrons. The van der Waals surface area contributed by atoms with Crippen LogP contribution in [0.2, 0.25) is 0 Å². The summed E-state index contributed by atoms with van der Waals surface area (Å²) < 4.78 is 0. The van der Waals surface area contributed by atoms with E-state index >= 15 is 0 Å². The summed E-state index contributed by atoms with van der Waals surface area (Å²) in [4.78, 5) is 2.58. The van der Waals surface area contributed by atoms with Crippen LogP contribution in [0.5, 0.6) is 0 Å². The third-order valence-electron chi connectivity index (χ3n) is 2.62. The molecule has 1 rings (SSSR count). The quantitative estimate of drug-likeness (QED) is 0.636. The molecular formula is C12H27N. The molecule has 0 aromatic carbocycles. The minimum atomic E-state index is 0.761. The van der Waals surface area contributed by atoms with Gasteiger partial charge in [0.1, 0.15) is 0 Å². The Labute approximate surface area is 84.5 Å². The van der Waals surface area contributed by atoms with E-state index in [1.54, 1.807) is 0 Å². The number of likely N-dealkylation sites (tertiary alicyclic amines) is 1. The highest BCUT2D eigenvalue weighted by Crippen LogP contribution is 2.20. The van der Waals surface area contributed by atoms with Crippen LogP contribution in [-0.4, -0.2) is 24.0 Å². The van der Waals surface area contributed by atoms with E-state index in [0.29, 0.717) is 0 Å². The molecule has 13 heavy (non-hydrogen) atoms. The van der Waals surface area contributed by atoms with Gasteiger partial charge < -0.3 is 4.90 Å². The summed E-state index contributed by atoms with van der Waals surface area (Å²) in [5.74, 6) is 0.988. The summed E-state index contributed by atoms with van der Waals surface area (Å²) >= 11 is 0. The van der Waals surface area contributed by atoms with E-state index < -0.39 is 0 Å². The van der Waals surface area contributed by atoms with Gasteiger partial charge in [-0.2, -0.15) is 0 Å². The van der Waals surface area contributed by atoms with E-state index in [0.717, 1.165) is 12.0 Å². The van der Waals surface area contributed by atoms with Gasteiger partial charge in [-0.1, -0.05) is 33.6 Å². The number of nitrogens with zero attached hydrogens (tertiary/aromatic N) is 1. The van der Waals surface area contributed by atoms with Crippen molar-refractivity contribution in [3.8, 4) is 0 Å².